The van der Waals surface area contributed by atoms with E-state index in [2.05, 4.69) is 26.5 Å². The smallest absolute Gasteiger partial charge is 0.00116 e. The molecule has 0 nitrogen and oxygen atoms in total. The van der Waals surface area contributed by atoms with Crippen molar-refractivity contribution in [3.05, 3.63) is 0 Å². The van der Waals surface area contributed by atoms with E-state index in [4.69, 9.17) is 0 Å². The van der Waals surface area contributed by atoms with Gasteiger partial charge in [0.25, 0.3) is 0 Å². The molecule has 0 N–H and O–H groups in total. The minimum Gasteiger partial charge on any atom is -0.176 e. The Morgan fingerprint density at radius 1 is 1.57 bits per heavy atom. The molecule has 0 saturated carbocycles. The number of thiol groups is 1. The third-order valence-electron chi connectivity index (χ3n) is 0.975. The molecule has 0 heterocycles. The highest BCUT2D eigenvalue weighted by molar-refractivity contribution is 7.80. The summed E-state index contributed by atoms with van der Waals surface area (Å²) in [6.07, 6.45) is 3.88. The van der Waals surface area contributed by atoms with Crippen molar-refractivity contribution in [2.75, 3.05) is 0 Å². The van der Waals surface area contributed by atoms with Crippen molar-refractivity contribution in [2.24, 2.45) is 0 Å². The van der Waals surface area contributed by atoms with Gasteiger partial charge >= 0.3 is 0 Å². The molecule has 0 aromatic rings. The van der Waals surface area contributed by atoms with Crippen molar-refractivity contribution in [3.8, 4) is 0 Å². The van der Waals surface area contributed by atoms with Crippen LogP contribution in [0.1, 0.15) is 33.1 Å². The lowest BCUT2D eigenvalue weighted by atomic mass is 10.2. The Morgan fingerprint density at radius 3 is 2.29 bits per heavy atom. The van der Waals surface area contributed by atoms with E-state index in [1.54, 1.807) is 0 Å². The molecule has 0 fully saturated rings. The SMILES string of the molecule is CCCCC(C)S. The highest BCUT2D eigenvalue weighted by Crippen LogP contribution is 2.03. The Kier molecular flexibility index (Phi) is 4.73. The van der Waals surface area contributed by atoms with Crippen LogP contribution in [0.15, 0.2) is 0 Å². The molecule has 0 aliphatic carbocycles. The van der Waals surface area contributed by atoms with Gasteiger partial charge in [-0.2, -0.15) is 12.6 Å². The van der Waals surface area contributed by atoms with Crippen molar-refractivity contribution >= 4 is 12.6 Å². The zero-order valence-corrected chi connectivity index (χ0v) is 6.04. The minimum absolute atomic E-state index is 0.597. The number of unbranched alkanes of at least 4 members (excludes halogenated alkanes) is 1. The highest BCUT2D eigenvalue weighted by Gasteiger charge is 1.89. The summed E-state index contributed by atoms with van der Waals surface area (Å²) in [6.45, 7) is 4.34. The molecule has 0 aliphatic heterocycles. The van der Waals surface area contributed by atoms with Gasteiger partial charge in [0.1, 0.15) is 0 Å². The van der Waals surface area contributed by atoms with Crippen LogP contribution in [0.3, 0.4) is 0 Å². The van der Waals surface area contributed by atoms with Gasteiger partial charge in [-0.15, -0.1) is 0 Å². The minimum atomic E-state index is 0.597. The quantitative estimate of drug-likeness (QED) is 0.541. The van der Waals surface area contributed by atoms with Crippen molar-refractivity contribution in [1.29, 1.82) is 0 Å². The Labute approximate surface area is 51.7 Å². The number of rotatable bonds is 3. The molecule has 0 spiro atoms. The molecule has 1 atom stereocenters. The third kappa shape index (κ3) is 6.35. The van der Waals surface area contributed by atoms with Gasteiger partial charge in [-0.1, -0.05) is 26.7 Å². The molecule has 0 rings (SSSR count). The van der Waals surface area contributed by atoms with Crippen LogP contribution in [0.4, 0.5) is 0 Å². The first kappa shape index (κ1) is 7.35. The molecule has 0 aromatic carbocycles. The number of hydrogen-bond donors (Lipinski definition) is 1. The van der Waals surface area contributed by atoms with Gasteiger partial charge in [0.05, 0.1) is 0 Å². The summed E-state index contributed by atoms with van der Waals surface area (Å²) < 4.78 is 0. The van der Waals surface area contributed by atoms with Gasteiger partial charge in [-0.05, 0) is 11.7 Å². The molecule has 1 unspecified atom stereocenters. The standard InChI is InChI=1S/C6H14S/c1-3-4-5-6(2)7/h6-7H,3-5H2,1-2H3. The lowest BCUT2D eigenvalue weighted by Crippen LogP contribution is -1.87. The fourth-order valence-corrected chi connectivity index (χ4v) is 0.682. The van der Waals surface area contributed by atoms with Crippen molar-refractivity contribution in [2.45, 2.75) is 38.4 Å². The van der Waals surface area contributed by atoms with E-state index >= 15 is 0 Å². The normalized spacial score (nSPS) is 14.1. The van der Waals surface area contributed by atoms with Crippen LogP contribution in [0.2, 0.25) is 0 Å². The summed E-state index contributed by atoms with van der Waals surface area (Å²) in [6, 6.07) is 0. The first-order valence-electron chi connectivity index (χ1n) is 2.95. The predicted octanol–water partition coefficient (Wildman–Crippen LogP) is 2.49. The van der Waals surface area contributed by atoms with E-state index in [1.165, 1.54) is 19.3 Å². The van der Waals surface area contributed by atoms with E-state index in [0.717, 1.165) is 0 Å². The van der Waals surface area contributed by atoms with E-state index < -0.39 is 0 Å². The summed E-state index contributed by atoms with van der Waals surface area (Å²) in [4.78, 5) is 0. The summed E-state index contributed by atoms with van der Waals surface area (Å²) >= 11 is 4.23. The molecular formula is C6H14S. The van der Waals surface area contributed by atoms with E-state index in [0.29, 0.717) is 5.25 Å². The number of hydrogen-bond acceptors (Lipinski definition) is 1. The first-order chi connectivity index (χ1) is 3.27. The lowest BCUT2D eigenvalue weighted by molar-refractivity contribution is 0.716. The maximum absolute atomic E-state index is 4.23. The molecule has 0 saturated heterocycles. The van der Waals surface area contributed by atoms with Gasteiger partial charge in [0, 0.05) is 0 Å². The molecule has 0 radical (unpaired) electrons. The molecular weight excluding hydrogens is 104 g/mol. The third-order valence-corrected chi connectivity index (χ3v) is 1.23. The van der Waals surface area contributed by atoms with Gasteiger partial charge in [-0.3, -0.25) is 0 Å². The highest BCUT2D eigenvalue weighted by atomic mass is 32.1. The summed E-state index contributed by atoms with van der Waals surface area (Å²) in [5.74, 6) is 0. The van der Waals surface area contributed by atoms with Crippen LogP contribution in [-0.2, 0) is 0 Å². The zero-order valence-electron chi connectivity index (χ0n) is 5.15. The van der Waals surface area contributed by atoms with E-state index in [9.17, 15) is 0 Å². The van der Waals surface area contributed by atoms with Crippen LogP contribution in [-0.4, -0.2) is 5.25 Å². The molecule has 1 heteroatoms. The van der Waals surface area contributed by atoms with Crippen LogP contribution >= 0.6 is 12.6 Å². The van der Waals surface area contributed by atoms with Crippen LogP contribution < -0.4 is 0 Å². The average molecular weight is 118 g/mol. The summed E-state index contributed by atoms with van der Waals surface area (Å²) in [7, 11) is 0. The lowest BCUT2D eigenvalue weighted by Gasteiger charge is -1.98. The average Bonchev–Trinajstić information content (AvgIpc) is 1.61. The summed E-state index contributed by atoms with van der Waals surface area (Å²) in [5.41, 5.74) is 0. The van der Waals surface area contributed by atoms with Crippen molar-refractivity contribution in [3.63, 3.8) is 0 Å². The fourth-order valence-electron chi connectivity index (χ4n) is 0.500. The van der Waals surface area contributed by atoms with Crippen molar-refractivity contribution in [1.82, 2.24) is 0 Å². The Morgan fingerprint density at radius 2 is 2.14 bits per heavy atom. The first-order valence-corrected chi connectivity index (χ1v) is 3.47. The van der Waals surface area contributed by atoms with Gasteiger partial charge in [0.15, 0.2) is 0 Å². The largest absolute Gasteiger partial charge is 0.176 e. The van der Waals surface area contributed by atoms with Crippen LogP contribution in [0, 0.1) is 0 Å². The monoisotopic (exact) mass is 118 g/mol. The van der Waals surface area contributed by atoms with Gasteiger partial charge in [0.2, 0.25) is 0 Å². The van der Waals surface area contributed by atoms with Crippen molar-refractivity contribution < 1.29 is 0 Å². The second-order valence-corrected chi connectivity index (χ2v) is 2.87. The Bertz CT molecular complexity index is 33.2. The van der Waals surface area contributed by atoms with Gasteiger partial charge in [-0.25, -0.2) is 0 Å². The second-order valence-electron chi connectivity index (χ2n) is 1.99. The Hall–Kier alpha value is 0.350. The Balaban J connectivity index is 2.68. The fraction of sp³-hybridized carbons (Fsp3) is 1.00. The maximum atomic E-state index is 4.23. The molecule has 44 valence electrons. The summed E-state index contributed by atoms with van der Waals surface area (Å²) in [5, 5.41) is 0.597. The second kappa shape index (κ2) is 4.51. The van der Waals surface area contributed by atoms with Gasteiger partial charge < -0.3 is 0 Å². The zero-order chi connectivity index (χ0) is 5.70. The molecule has 7 heavy (non-hydrogen) atoms. The molecule has 0 aliphatic rings. The van der Waals surface area contributed by atoms with Crippen LogP contribution in [0.25, 0.3) is 0 Å². The molecule has 0 amide bonds. The maximum Gasteiger partial charge on any atom is -0.00116 e. The van der Waals surface area contributed by atoms with E-state index in [-0.39, 0.29) is 0 Å². The topological polar surface area (TPSA) is 0 Å². The van der Waals surface area contributed by atoms with E-state index in [1.807, 2.05) is 0 Å². The van der Waals surface area contributed by atoms with Crippen LogP contribution in [0.5, 0.6) is 0 Å². The molecule has 0 bridgehead atoms. The predicted molar refractivity (Wildman–Crippen MR) is 38.0 cm³/mol. The molecule has 0 aromatic heterocycles.